The van der Waals surface area contributed by atoms with Crippen molar-refractivity contribution in [3.63, 3.8) is 0 Å². The lowest BCUT2D eigenvalue weighted by molar-refractivity contribution is -0.119. The summed E-state index contributed by atoms with van der Waals surface area (Å²) in [4.78, 5) is 25.1. The minimum absolute atomic E-state index is 0.132. The van der Waals surface area contributed by atoms with Crippen molar-refractivity contribution < 1.29 is 23.5 Å². The summed E-state index contributed by atoms with van der Waals surface area (Å²) in [7, 11) is 1.63. The van der Waals surface area contributed by atoms with Gasteiger partial charge in [-0.15, -0.1) is 0 Å². The van der Waals surface area contributed by atoms with Gasteiger partial charge < -0.3 is 24.5 Å². The number of hydrogen-bond donors (Lipinski definition) is 2. The van der Waals surface area contributed by atoms with E-state index in [9.17, 15) is 9.59 Å². The van der Waals surface area contributed by atoms with E-state index in [4.69, 9.17) is 13.9 Å². The molecule has 0 saturated heterocycles. The summed E-state index contributed by atoms with van der Waals surface area (Å²) in [5.41, 5.74) is 1.70. The Bertz CT molecular complexity index is 1130. The fraction of sp³-hybridized carbons (Fsp3) is 0.333. The topological polar surface area (TPSA) is 89.8 Å². The Hall–Kier alpha value is -3.74. The average molecular weight is 465 g/mol. The predicted molar refractivity (Wildman–Crippen MR) is 133 cm³/mol. The van der Waals surface area contributed by atoms with Crippen molar-refractivity contribution in [3.05, 3.63) is 60.7 Å². The molecule has 0 aliphatic rings. The van der Waals surface area contributed by atoms with Gasteiger partial charge in [0.1, 0.15) is 28.9 Å². The molecular formula is C27H32N2O5. The van der Waals surface area contributed by atoms with Crippen molar-refractivity contribution in [3.8, 4) is 28.4 Å². The zero-order chi connectivity index (χ0) is 24.9. The van der Waals surface area contributed by atoms with E-state index in [1.165, 1.54) is 0 Å². The molecule has 0 spiro atoms. The van der Waals surface area contributed by atoms with Gasteiger partial charge in [-0.2, -0.15) is 0 Å². The molecule has 0 aliphatic carbocycles. The number of methoxy groups -OCH3 is 1. The van der Waals surface area contributed by atoms with E-state index in [0.717, 1.165) is 22.6 Å². The van der Waals surface area contributed by atoms with Gasteiger partial charge in [0.05, 0.1) is 7.11 Å². The number of carbonyl (C=O) groups excluding carboxylic acids is 2. The van der Waals surface area contributed by atoms with Crippen LogP contribution in [0.3, 0.4) is 0 Å². The number of anilines is 1. The first kappa shape index (κ1) is 24.9. The highest BCUT2D eigenvalue weighted by Crippen LogP contribution is 2.30. The molecule has 0 bridgehead atoms. The molecule has 1 heterocycles. The van der Waals surface area contributed by atoms with Gasteiger partial charge in [-0.25, -0.2) is 4.79 Å². The minimum Gasteiger partial charge on any atom is -0.497 e. The van der Waals surface area contributed by atoms with Crippen LogP contribution in [-0.4, -0.2) is 30.8 Å². The van der Waals surface area contributed by atoms with Gasteiger partial charge in [0.25, 0.3) is 0 Å². The molecule has 3 rings (SSSR count). The third-order valence-corrected chi connectivity index (χ3v) is 5.02. The van der Waals surface area contributed by atoms with Crippen molar-refractivity contribution in [2.75, 3.05) is 12.4 Å². The van der Waals surface area contributed by atoms with E-state index in [-0.39, 0.29) is 11.8 Å². The summed E-state index contributed by atoms with van der Waals surface area (Å²) >= 11 is 0. The first-order chi connectivity index (χ1) is 16.1. The minimum atomic E-state index is -0.746. The van der Waals surface area contributed by atoms with Crippen LogP contribution in [0.25, 0.3) is 22.6 Å². The van der Waals surface area contributed by atoms with Crippen molar-refractivity contribution in [1.82, 2.24) is 5.32 Å². The lowest BCUT2D eigenvalue weighted by atomic mass is 10.0. The highest BCUT2D eigenvalue weighted by molar-refractivity contribution is 5.97. The molecule has 0 radical (unpaired) electrons. The molecule has 7 heteroatoms. The maximum absolute atomic E-state index is 12.9. The number of rotatable bonds is 7. The van der Waals surface area contributed by atoms with E-state index in [2.05, 4.69) is 10.6 Å². The maximum atomic E-state index is 12.9. The zero-order valence-corrected chi connectivity index (χ0v) is 20.5. The fourth-order valence-corrected chi connectivity index (χ4v) is 3.34. The first-order valence-electron chi connectivity index (χ1n) is 11.2. The number of carbonyl (C=O) groups is 2. The Kier molecular flexibility index (Phi) is 7.66. The largest absolute Gasteiger partial charge is 0.497 e. The third-order valence-electron chi connectivity index (χ3n) is 5.02. The van der Waals surface area contributed by atoms with Crippen molar-refractivity contribution in [2.24, 2.45) is 5.92 Å². The highest BCUT2D eigenvalue weighted by atomic mass is 16.6. The number of hydrogen-bond acceptors (Lipinski definition) is 5. The second-order valence-electron chi connectivity index (χ2n) is 9.33. The maximum Gasteiger partial charge on any atom is 0.408 e. The van der Waals surface area contributed by atoms with Gasteiger partial charge in [0.15, 0.2) is 0 Å². The van der Waals surface area contributed by atoms with Crippen LogP contribution in [0.15, 0.2) is 65.1 Å². The van der Waals surface area contributed by atoms with Crippen LogP contribution in [0, 0.1) is 5.92 Å². The average Bonchev–Trinajstić information content (AvgIpc) is 3.26. The second kappa shape index (κ2) is 10.5. The van der Waals surface area contributed by atoms with Gasteiger partial charge in [-0.1, -0.05) is 26.0 Å². The Morgan fingerprint density at radius 2 is 1.56 bits per heavy atom. The lowest BCUT2D eigenvalue weighted by Gasteiger charge is -2.25. The number of nitrogens with one attached hydrogen (secondary N) is 2. The van der Waals surface area contributed by atoms with E-state index in [1.807, 2.05) is 68.4 Å². The van der Waals surface area contributed by atoms with Gasteiger partial charge >= 0.3 is 6.09 Å². The van der Waals surface area contributed by atoms with Crippen LogP contribution in [0.4, 0.5) is 10.5 Å². The summed E-state index contributed by atoms with van der Waals surface area (Å²) in [5, 5.41) is 5.56. The van der Waals surface area contributed by atoms with Gasteiger partial charge in [-0.3, -0.25) is 4.79 Å². The molecule has 3 aromatic rings. The molecule has 2 aromatic carbocycles. The van der Waals surface area contributed by atoms with Crippen molar-refractivity contribution in [2.45, 2.75) is 46.3 Å². The summed E-state index contributed by atoms with van der Waals surface area (Å²) in [6, 6.07) is 18.0. The molecule has 34 heavy (non-hydrogen) atoms. The fourth-order valence-electron chi connectivity index (χ4n) is 3.34. The molecule has 0 saturated carbocycles. The molecule has 2 amide bonds. The van der Waals surface area contributed by atoms with Crippen LogP contribution >= 0.6 is 0 Å². The molecule has 7 nitrogen and oxygen atoms in total. The SMILES string of the molecule is COc1ccc(-c2ccc(-c3cccc(NC(=O)[C@@H](NC(=O)OC(C)(C)C)C(C)C)c3)o2)cc1. The van der Waals surface area contributed by atoms with E-state index < -0.39 is 17.7 Å². The molecular weight excluding hydrogens is 432 g/mol. The summed E-state index contributed by atoms with van der Waals surface area (Å²) < 4.78 is 16.5. The Balaban J connectivity index is 1.72. The molecule has 0 fully saturated rings. The lowest BCUT2D eigenvalue weighted by Crippen LogP contribution is -2.48. The van der Waals surface area contributed by atoms with E-state index in [0.29, 0.717) is 11.4 Å². The smallest absolute Gasteiger partial charge is 0.408 e. The van der Waals surface area contributed by atoms with Gasteiger partial charge in [0, 0.05) is 16.8 Å². The van der Waals surface area contributed by atoms with Crippen molar-refractivity contribution in [1.29, 1.82) is 0 Å². The number of alkyl carbamates (subject to hydrolysis) is 1. The highest BCUT2D eigenvalue weighted by Gasteiger charge is 2.27. The number of benzene rings is 2. The second-order valence-corrected chi connectivity index (χ2v) is 9.33. The molecule has 1 atom stereocenters. The monoisotopic (exact) mass is 464 g/mol. The standard InChI is InChI=1S/C27H32N2O5/c1-17(2)24(29-26(31)34-27(3,4)5)25(30)28-20-9-7-8-19(16-20)23-15-14-22(33-23)18-10-12-21(32-6)13-11-18/h7-17,24H,1-6H3,(H,28,30)(H,29,31)/t24-/m0/s1. The zero-order valence-electron chi connectivity index (χ0n) is 20.5. The summed E-state index contributed by atoms with van der Waals surface area (Å²) in [5.74, 6) is 1.73. The number of furan rings is 1. The van der Waals surface area contributed by atoms with Crippen LogP contribution in [-0.2, 0) is 9.53 Å². The molecule has 180 valence electrons. The first-order valence-corrected chi connectivity index (χ1v) is 11.2. The Morgan fingerprint density at radius 1 is 0.912 bits per heavy atom. The molecule has 2 N–H and O–H groups in total. The Morgan fingerprint density at radius 3 is 2.15 bits per heavy atom. The third kappa shape index (κ3) is 6.63. The molecule has 0 unspecified atom stereocenters. The molecule has 1 aromatic heterocycles. The predicted octanol–water partition coefficient (Wildman–Crippen LogP) is 6.11. The van der Waals surface area contributed by atoms with Gasteiger partial charge in [-0.05, 0) is 75.2 Å². The van der Waals surface area contributed by atoms with E-state index in [1.54, 1.807) is 33.9 Å². The number of ether oxygens (including phenoxy) is 2. The van der Waals surface area contributed by atoms with Crippen LogP contribution < -0.4 is 15.4 Å². The summed E-state index contributed by atoms with van der Waals surface area (Å²) in [6.45, 7) is 9.05. The van der Waals surface area contributed by atoms with Crippen LogP contribution in [0.5, 0.6) is 5.75 Å². The quantitative estimate of drug-likeness (QED) is 0.440. The molecule has 0 aliphatic heterocycles. The summed E-state index contributed by atoms with van der Waals surface area (Å²) in [6.07, 6.45) is -0.628. The van der Waals surface area contributed by atoms with Gasteiger partial charge in [0.2, 0.25) is 5.91 Å². The Labute approximate surface area is 200 Å². The van der Waals surface area contributed by atoms with Crippen LogP contribution in [0.1, 0.15) is 34.6 Å². The van der Waals surface area contributed by atoms with Crippen LogP contribution in [0.2, 0.25) is 0 Å². The van der Waals surface area contributed by atoms with Crippen molar-refractivity contribution >= 4 is 17.7 Å². The number of amides is 2. The van der Waals surface area contributed by atoms with E-state index >= 15 is 0 Å². The normalized spacial score (nSPS) is 12.2.